The van der Waals surface area contributed by atoms with Crippen LogP contribution in [-0.2, 0) is 15.0 Å². The summed E-state index contributed by atoms with van der Waals surface area (Å²) in [6.07, 6.45) is 1.16. The van der Waals surface area contributed by atoms with Crippen molar-refractivity contribution in [2.45, 2.75) is 0 Å². The Kier molecular flexibility index (Phi) is 3.01. The number of nitrogens with zero attached hydrogens (tertiary/aromatic N) is 1. The number of amides is 1. The molecule has 1 heterocycles. The number of carbonyl (C=O) groups excluding carboxylic acids is 1. The van der Waals surface area contributed by atoms with Crippen molar-refractivity contribution < 1.29 is 13.2 Å². The van der Waals surface area contributed by atoms with Crippen LogP contribution in [0.3, 0.4) is 0 Å². The Balaban J connectivity index is 2.60. The zero-order valence-corrected chi connectivity index (χ0v) is 7.23. The molecule has 0 saturated carbocycles. The van der Waals surface area contributed by atoms with Crippen LogP contribution in [0.5, 0.6) is 0 Å². The van der Waals surface area contributed by atoms with Crippen LogP contribution in [0.2, 0.25) is 0 Å². The lowest BCUT2D eigenvalue weighted by Crippen LogP contribution is -2.50. The van der Waals surface area contributed by atoms with E-state index < -0.39 is 10.2 Å². The van der Waals surface area contributed by atoms with Crippen LogP contribution in [0, 0.1) is 0 Å². The average Bonchev–Trinajstić information content (AvgIpc) is 2.06. The Morgan fingerprint density at radius 1 is 1.33 bits per heavy atom. The Labute approximate surface area is 71.1 Å². The van der Waals surface area contributed by atoms with Crippen molar-refractivity contribution in [1.82, 2.24) is 14.3 Å². The third kappa shape index (κ3) is 2.16. The topological polar surface area (TPSA) is 78.5 Å². The van der Waals surface area contributed by atoms with Gasteiger partial charge in [-0.1, -0.05) is 0 Å². The second-order valence-electron chi connectivity index (χ2n) is 2.36. The van der Waals surface area contributed by atoms with Crippen LogP contribution in [0.25, 0.3) is 0 Å². The van der Waals surface area contributed by atoms with Gasteiger partial charge >= 0.3 is 16.6 Å². The van der Waals surface area contributed by atoms with E-state index in [0.717, 1.165) is 6.41 Å². The highest BCUT2D eigenvalue weighted by Gasteiger charge is 2.22. The molecule has 0 aromatic heterocycles. The van der Waals surface area contributed by atoms with Crippen LogP contribution >= 0.6 is 0 Å². The predicted octanol–water partition coefficient (Wildman–Crippen LogP) is -2.21. The molecule has 0 unspecified atom stereocenters. The molecule has 1 aliphatic heterocycles. The van der Waals surface area contributed by atoms with Crippen molar-refractivity contribution >= 4 is 16.6 Å². The van der Waals surface area contributed by atoms with E-state index in [2.05, 4.69) is 5.32 Å². The van der Waals surface area contributed by atoms with Crippen molar-refractivity contribution in [3.8, 4) is 0 Å². The SMILES string of the molecule is O=[C]NS(=O)(=O)N1CCNCC1. The fourth-order valence-electron chi connectivity index (χ4n) is 1.00. The van der Waals surface area contributed by atoms with E-state index in [0.29, 0.717) is 26.2 Å². The average molecular weight is 192 g/mol. The van der Waals surface area contributed by atoms with E-state index in [1.807, 2.05) is 0 Å². The molecule has 2 N–H and O–H groups in total. The summed E-state index contributed by atoms with van der Waals surface area (Å²) < 4.78 is 25.1. The first-order valence-electron chi connectivity index (χ1n) is 3.51. The largest absolute Gasteiger partial charge is 0.324 e. The zero-order valence-electron chi connectivity index (χ0n) is 6.41. The molecule has 0 aliphatic carbocycles. The fourth-order valence-corrected chi connectivity index (χ4v) is 1.90. The van der Waals surface area contributed by atoms with Gasteiger partial charge in [0.05, 0.1) is 0 Å². The molecular formula is C5H10N3O3S. The first kappa shape index (κ1) is 9.43. The molecule has 0 atom stereocenters. The normalized spacial score (nSPS) is 20.3. The van der Waals surface area contributed by atoms with Gasteiger partial charge in [0.15, 0.2) is 0 Å². The third-order valence-corrected chi connectivity index (χ3v) is 2.97. The van der Waals surface area contributed by atoms with Gasteiger partial charge in [0.1, 0.15) is 0 Å². The first-order chi connectivity index (χ1) is 5.67. The van der Waals surface area contributed by atoms with Crippen LogP contribution in [0.4, 0.5) is 0 Å². The minimum absolute atomic E-state index is 0.386. The molecule has 12 heavy (non-hydrogen) atoms. The van der Waals surface area contributed by atoms with Gasteiger partial charge in [-0.05, 0) is 0 Å². The third-order valence-electron chi connectivity index (χ3n) is 1.59. The van der Waals surface area contributed by atoms with Crippen molar-refractivity contribution in [3.63, 3.8) is 0 Å². The highest BCUT2D eigenvalue weighted by Crippen LogP contribution is 1.97. The number of piperazine rings is 1. The molecule has 69 valence electrons. The van der Waals surface area contributed by atoms with Crippen LogP contribution in [0.1, 0.15) is 0 Å². The minimum atomic E-state index is -3.61. The minimum Gasteiger partial charge on any atom is -0.314 e. The lowest BCUT2D eigenvalue weighted by Gasteiger charge is -2.25. The van der Waals surface area contributed by atoms with E-state index >= 15 is 0 Å². The summed E-state index contributed by atoms with van der Waals surface area (Å²) >= 11 is 0. The van der Waals surface area contributed by atoms with E-state index in [9.17, 15) is 13.2 Å². The summed E-state index contributed by atoms with van der Waals surface area (Å²) in [4.78, 5) is 9.81. The van der Waals surface area contributed by atoms with Gasteiger partial charge in [-0.25, -0.2) is 4.72 Å². The molecule has 1 rings (SSSR count). The highest BCUT2D eigenvalue weighted by molar-refractivity contribution is 7.87. The molecule has 1 radical (unpaired) electrons. The van der Waals surface area contributed by atoms with Gasteiger partial charge in [-0.3, -0.25) is 4.79 Å². The predicted molar refractivity (Wildman–Crippen MR) is 42.2 cm³/mol. The van der Waals surface area contributed by atoms with Gasteiger partial charge in [0, 0.05) is 26.2 Å². The Morgan fingerprint density at radius 3 is 2.42 bits per heavy atom. The fraction of sp³-hybridized carbons (Fsp3) is 0.800. The molecule has 1 amide bonds. The summed E-state index contributed by atoms with van der Waals surface area (Å²) in [7, 11) is -3.61. The maximum atomic E-state index is 11.1. The van der Waals surface area contributed by atoms with Gasteiger partial charge in [-0.2, -0.15) is 12.7 Å². The summed E-state index contributed by atoms with van der Waals surface area (Å²) in [5.41, 5.74) is 0. The van der Waals surface area contributed by atoms with Gasteiger partial charge in [0.25, 0.3) is 0 Å². The molecule has 0 spiro atoms. The number of hydrogen-bond donors (Lipinski definition) is 2. The maximum absolute atomic E-state index is 11.1. The van der Waals surface area contributed by atoms with E-state index in [4.69, 9.17) is 0 Å². The molecule has 7 heteroatoms. The van der Waals surface area contributed by atoms with Crippen LogP contribution in [0.15, 0.2) is 0 Å². The molecule has 1 aliphatic rings. The molecular weight excluding hydrogens is 182 g/mol. The Bertz CT molecular complexity index is 245. The summed E-state index contributed by atoms with van der Waals surface area (Å²) in [5.74, 6) is 0. The second kappa shape index (κ2) is 3.83. The van der Waals surface area contributed by atoms with Crippen molar-refractivity contribution in [2.75, 3.05) is 26.2 Å². The lowest BCUT2D eigenvalue weighted by atomic mass is 10.4. The second-order valence-corrected chi connectivity index (χ2v) is 4.03. The number of rotatable bonds is 3. The monoisotopic (exact) mass is 192 g/mol. The van der Waals surface area contributed by atoms with Crippen LogP contribution in [-0.4, -0.2) is 45.3 Å². The smallest absolute Gasteiger partial charge is 0.314 e. The van der Waals surface area contributed by atoms with E-state index in [-0.39, 0.29) is 0 Å². The maximum Gasteiger partial charge on any atom is 0.324 e. The Hall–Kier alpha value is -0.660. The van der Waals surface area contributed by atoms with Crippen molar-refractivity contribution in [3.05, 3.63) is 0 Å². The molecule has 0 bridgehead atoms. The Morgan fingerprint density at radius 2 is 1.92 bits per heavy atom. The lowest BCUT2D eigenvalue weighted by molar-refractivity contribution is 0.358. The van der Waals surface area contributed by atoms with Crippen molar-refractivity contribution in [1.29, 1.82) is 0 Å². The van der Waals surface area contributed by atoms with Crippen LogP contribution < -0.4 is 10.0 Å². The standard InChI is InChI=1S/C5H10N3O3S/c9-5-7-12(10,11)8-3-1-6-2-4-8/h6H,1-4H2,(H,7,9). The van der Waals surface area contributed by atoms with Crippen molar-refractivity contribution in [2.24, 2.45) is 0 Å². The van der Waals surface area contributed by atoms with E-state index in [1.165, 1.54) is 4.31 Å². The van der Waals surface area contributed by atoms with E-state index in [1.54, 1.807) is 4.72 Å². The molecule has 6 nitrogen and oxygen atoms in total. The number of nitrogens with one attached hydrogen (secondary N) is 2. The first-order valence-corrected chi connectivity index (χ1v) is 4.95. The quantitative estimate of drug-likeness (QED) is 0.497. The summed E-state index contributed by atoms with van der Waals surface area (Å²) in [5, 5.41) is 3.00. The molecule has 0 aromatic carbocycles. The zero-order chi connectivity index (χ0) is 9.03. The number of hydrogen-bond acceptors (Lipinski definition) is 4. The molecule has 0 aromatic rings. The van der Waals surface area contributed by atoms with Gasteiger partial charge in [-0.15, -0.1) is 0 Å². The molecule has 1 saturated heterocycles. The van der Waals surface area contributed by atoms with Gasteiger partial charge in [0.2, 0.25) is 0 Å². The summed E-state index contributed by atoms with van der Waals surface area (Å²) in [6, 6.07) is 0. The highest BCUT2D eigenvalue weighted by atomic mass is 32.2. The molecule has 1 fully saturated rings. The van der Waals surface area contributed by atoms with Gasteiger partial charge < -0.3 is 5.32 Å². The summed E-state index contributed by atoms with van der Waals surface area (Å²) in [6.45, 7) is 1.99.